The molecule has 7 heteroatoms. The van der Waals surface area contributed by atoms with Gasteiger partial charge in [-0.2, -0.15) is 5.10 Å². The lowest BCUT2D eigenvalue weighted by atomic mass is 10.1. The normalized spacial score (nSPS) is 10.8. The molecule has 1 aromatic heterocycles. The molecule has 0 fully saturated rings. The molecule has 1 amide bonds. The minimum Gasteiger partial charge on any atom is -0.495 e. The number of nitrogens with zero attached hydrogens (tertiary/aromatic N) is 1. The van der Waals surface area contributed by atoms with Crippen LogP contribution in [0.25, 0.3) is 22.5 Å². The molecule has 0 aliphatic heterocycles. The second-order valence-corrected chi connectivity index (χ2v) is 7.40. The fourth-order valence-electron chi connectivity index (χ4n) is 3.19. The number of halogens is 1. The van der Waals surface area contributed by atoms with Gasteiger partial charge >= 0.3 is 0 Å². The van der Waals surface area contributed by atoms with Gasteiger partial charge in [0.05, 0.1) is 18.3 Å². The van der Waals surface area contributed by atoms with Crippen LogP contribution in [0.1, 0.15) is 5.76 Å². The van der Waals surface area contributed by atoms with Crippen molar-refractivity contribution in [1.82, 2.24) is 5.43 Å². The maximum atomic E-state index is 12.2. The van der Waals surface area contributed by atoms with Crippen molar-refractivity contribution >= 4 is 23.7 Å². The maximum absolute atomic E-state index is 12.2. The summed E-state index contributed by atoms with van der Waals surface area (Å²) in [6.45, 7) is -0.172. The molecule has 0 aliphatic carbocycles. The van der Waals surface area contributed by atoms with Gasteiger partial charge in [-0.05, 0) is 42.0 Å². The molecule has 0 radical (unpaired) electrons. The molecule has 166 valence electrons. The lowest BCUT2D eigenvalue weighted by Gasteiger charge is -2.10. The molecule has 0 bridgehead atoms. The molecule has 33 heavy (non-hydrogen) atoms. The van der Waals surface area contributed by atoms with Crippen molar-refractivity contribution in [3.63, 3.8) is 0 Å². The van der Waals surface area contributed by atoms with Gasteiger partial charge in [0, 0.05) is 11.1 Å². The van der Waals surface area contributed by atoms with E-state index in [1.54, 1.807) is 31.4 Å². The van der Waals surface area contributed by atoms with Crippen LogP contribution in [0, 0.1) is 0 Å². The number of rotatable bonds is 8. The van der Waals surface area contributed by atoms with Gasteiger partial charge in [0.2, 0.25) is 0 Å². The summed E-state index contributed by atoms with van der Waals surface area (Å²) < 4.78 is 16.6. The molecular formula is C26H21ClN2O4. The molecular weight excluding hydrogens is 440 g/mol. The van der Waals surface area contributed by atoms with E-state index in [1.807, 2.05) is 60.7 Å². The molecule has 3 aromatic carbocycles. The molecule has 0 atom stereocenters. The Balaban J connectivity index is 1.33. The van der Waals surface area contributed by atoms with Crippen LogP contribution in [0.5, 0.6) is 11.5 Å². The van der Waals surface area contributed by atoms with Crippen LogP contribution in [-0.4, -0.2) is 25.8 Å². The fraction of sp³-hybridized carbons (Fsp3) is 0.0769. The number of furan rings is 1. The molecule has 0 spiro atoms. The number of methoxy groups -OCH3 is 1. The first kappa shape index (κ1) is 22.2. The summed E-state index contributed by atoms with van der Waals surface area (Å²) in [6.07, 6.45) is 1.42. The maximum Gasteiger partial charge on any atom is 0.277 e. The predicted molar refractivity (Wildman–Crippen MR) is 129 cm³/mol. The van der Waals surface area contributed by atoms with Gasteiger partial charge in [0.25, 0.3) is 5.91 Å². The first-order valence-corrected chi connectivity index (χ1v) is 10.5. The van der Waals surface area contributed by atoms with Crippen molar-refractivity contribution in [1.29, 1.82) is 0 Å². The van der Waals surface area contributed by atoms with E-state index in [0.29, 0.717) is 28.0 Å². The van der Waals surface area contributed by atoms with Crippen molar-refractivity contribution in [3.8, 4) is 33.9 Å². The number of carbonyl (C=O) groups is 1. The Bertz CT molecular complexity index is 1270. The van der Waals surface area contributed by atoms with E-state index in [2.05, 4.69) is 10.5 Å². The first-order valence-electron chi connectivity index (χ1n) is 10.2. The average Bonchev–Trinajstić information content (AvgIpc) is 3.32. The summed E-state index contributed by atoms with van der Waals surface area (Å²) in [5.41, 5.74) is 5.17. The largest absolute Gasteiger partial charge is 0.495 e. The van der Waals surface area contributed by atoms with E-state index < -0.39 is 0 Å². The number of hydrogen-bond donors (Lipinski definition) is 1. The highest BCUT2D eigenvalue weighted by Crippen LogP contribution is 2.31. The second-order valence-electron chi connectivity index (χ2n) is 7.00. The Morgan fingerprint density at radius 3 is 2.55 bits per heavy atom. The number of ether oxygens (including phenoxy) is 2. The number of amides is 1. The number of hydrogen-bond acceptors (Lipinski definition) is 5. The minimum absolute atomic E-state index is 0.172. The van der Waals surface area contributed by atoms with Crippen LogP contribution >= 0.6 is 11.6 Å². The zero-order valence-electron chi connectivity index (χ0n) is 17.8. The smallest absolute Gasteiger partial charge is 0.277 e. The average molecular weight is 461 g/mol. The quantitative estimate of drug-likeness (QED) is 0.266. The molecule has 1 heterocycles. The highest BCUT2D eigenvalue weighted by molar-refractivity contribution is 6.32. The van der Waals surface area contributed by atoms with E-state index in [4.69, 9.17) is 25.5 Å². The number of benzene rings is 3. The highest BCUT2D eigenvalue weighted by Gasteiger charge is 2.09. The first-order chi connectivity index (χ1) is 16.1. The van der Waals surface area contributed by atoms with Crippen LogP contribution in [0.2, 0.25) is 5.02 Å². The van der Waals surface area contributed by atoms with Gasteiger partial charge in [-0.1, -0.05) is 60.1 Å². The van der Waals surface area contributed by atoms with Crippen molar-refractivity contribution in [2.75, 3.05) is 13.7 Å². The third-order valence-corrected chi connectivity index (χ3v) is 5.07. The highest BCUT2D eigenvalue weighted by atomic mass is 35.5. The minimum atomic E-state index is -0.386. The lowest BCUT2D eigenvalue weighted by Crippen LogP contribution is -2.24. The van der Waals surface area contributed by atoms with Gasteiger partial charge < -0.3 is 13.9 Å². The zero-order valence-corrected chi connectivity index (χ0v) is 18.6. The SMILES string of the molecule is COc1ccc(-c2ccc(/C=N/NC(=O)COc3ccccc3-c3ccccc3)o2)cc1Cl. The van der Waals surface area contributed by atoms with Crippen LogP contribution in [-0.2, 0) is 4.79 Å². The van der Waals surface area contributed by atoms with Gasteiger partial charge in [-0.25, -0.2) is 5.43 Å². The van der Waals surface area contributed by atoms with Gasteiger partial charge in [0.15, 0.2) is 6.61 Å². The van der Waals surface area contributed by atoms with E-state index in [0.717, 1.165) is 16.7 Å². The van der Waals surface area contributed by atoms with Gasteiger partial charge in [0.1, 0.15) is 23.0 Å². The van der Waals surface area contributed by atoms with Crippen LogP contribution in [0.15, 0.2) is 94.4 Å². The Morgan fingerprint density at radius 1 is 0.970 bits per heavy atom. The van der Waals surface area contributed by atoms with E-state index in [9.17, 15) is 4.79 Å². The molecule has 0 aliphatic rings. The molecule has 1 N–H and O–H groups in total. The third kappa shape index (κ3) is 5.61. The summed E-state index contributed by atoms with van der Waals surface area (Å²) >= 11 is 6.17. The lowest BCUT2D eigenvalue weighted by molar-refractivity contribution is -0.123. The summed E-state index contributed by atoms with van der Waals surface area (Å²) in [5.74, 6) is 1.92. The molecule has 0 saturated heterocycles. The second kappa shape index (κ2) is 10.5. The number of hydrazone groups is 1. The van der Waals surface area contributed by atoms with Gasteiger partial charge in [-0.15, -0.1) is 0 Å². The zero-order chi connectivity index (χ0) is 23.0. The van der Waals surface area contributed by atoms with Crippen molar-refractivity contribution < 1.29 is 18.7 Å². The number of carbonyl (C=O) groups excluding carboxylic acids is 1. The summed E-state index contributed by atoms with van der Waals surface area (Å²) in [6, 6.07) is 26.3. The third-order valence-electron chi connectivity index (χ3n) is 4.77. The molecule has 6 nitrogen and oxygen atoms in total. The van der Waals surface area contributed by atoms with Crippen molar-refractivity contribution in [2.24, 2.45) is 5.10 Å². The van der Waals surface area contributed by atoms with Crippen molar-refractivity contribution in [3.05, 3.63) is 95.7 Å². The number of nitrogens with one attached hydrogen (secondary N) is 1. The van der Waals surface area contributed by atoms with E-state index in [1.165, 1.54) is 6.21 Å². The monoisotopic (exact) mass is 460 g/mol. The van der Waals surface area contributed by atoms with Crippen LogP contribution in [0.4, 0.5) is 0 Å². The summed E-state index contributed by atoms with van der Waals surface area (Å²) in [4.78, 5) is 12.2. The van der Waals surface area contributed by atoms with E-state index >= 15 is 0 Å². The predicted octanol–water partition coefficient (Wildman–Crippen LogP) is 5.80. The molecule has 4 rings (SSSR count). The molecule has 0 saturated carbocycles. The summed E-state index contributed by atoms with van der Waals surface area (Å²) in [7, 11) is 1.56. The Kier molecular flexibility index (Phi) is 7.07. The van der Waals surface area contributed by atoms with Gasteiger partial charge in [-0.3, -0.25) is 4.79 Å². The van der Waals surface area contributed by atoms with Crippen molar-refractivity contribution in [2.45, 2.75) is 0 Å². The van der Waals surface area contributed by atoms with E-state index in [-0.39, 0.29) is 12.5 Å². The fourth-order valence-corrected chi connectivity index (χ4v) is 3.45. The summed E-state index contributed by atoms with van der Waals surface area (Å²) in [5, 5.41) is 4.43. The Hall–Kier alpha value is -4.03. The van der Waals surface area contributed by atoms with Crippen LogP contribution in [0.3, 0.4) is 0 Å². The Labute approximate surface area is 196 Å². The molecule has 0 unspecified atom stereocenters. The standard InChI is InChI=1S/C26H21ClN2O4/c1-31-25-13-11-19(15-22(25)27)23-14-12-20(33-23)16-28-29-26(30)17-32-24-10-6-5-9-21(24)18-7-3-2-4-8-18/h2-16H,17H2,1H3,(H,29,30)/b28-16+. The number of para-hydroxylation sites is 1. The van der Waals surface area contributed by atoms with Crippen LogP contribution < -0.4 is 14.9 Å². The molecule has 4 aromatic rings. The topological polar surface area (TPSA) is 73.1 Å². The Morgan fingerprint density at radius 2 is 1.76 bits per heavy atom.